The SMILES string of the molecule is COc1cc2c(cc1Nc1nnc(C(N)=O)c(NC3CCCCC3)n1)C(C)N(C)CC2. The van der Waals surface area contributed by atoms with Crippen molar-refractivity contribution in [1.29, 1.82) is 0 Å². The molecule has 4 rings (SSSR count). The van der Waals surface area contributed by atoms with E-state index >= 15 is 0 Å². The van der Waals surface area contributed by atoms with Gasteiger partial charge in [0.05, 0.1) is 12.8 Å². The summed E-state index contributed by atoms with van der Waals surface area (Å²) in [5, 5.41) is 14.7. The maximum Gasteiger partial charge on any atom is 0.273 e. The molecule has 1 amide bonds. The molecule has 0 spiro atoms. The van der Waals surface area contributed by atoms with E-state index in [0.29, 0.717) is 17.8 Å². The number of likely N-dealkylation sites (N-methyl/N-ethyl adjacent to an activating group) is 1. The second-order valence-corrected chi connectivity index (χ2v) is 8.46. The highest BCUT2D eigenvalue weighted by molar-refractivity contribution is 5.95. The average Bonchev–Trinajstić information content (AvgIpc) is 2.77. The number of nitrogens with one attached hydrogen (secondary N) is 2. The predicted octanol–water partition coefficient (Wildman–Crippen LogP) is 3.02. The number of rotatable bonds is 6. The number of aromatic nitrogens is 3. The Bertz CT molecular complexity index is 959. The van der Waals surface area contributed by atoms with Gasteiger partial charge in [-0.2, -0.15) is 4.98 Å². The third-order valence-electron chi connectivity index (χ3n) is 6.42. The third-order valence-corrected chi connectivity index (χ3v) is 6.42. The van der Waals surface area contributed by atoms with Gasteiger partial charge in [-0.05, 0) is 56.5 Å². The van der Waals surface area contributed by atoms with E-state index in [1.54, 1.807) is 7.11 Å². The number of primary amides is 1. The molecule has 1 aliphatic heterocycles. The highest BCUT2D eigenvalue weighted by Gasteiger charge is 2.24. The Labute approximate surface area is 182 Å². The number of hydrogen-bond acceptors (Lipinski definition) is 8. The maximum atomic E-state index is 11.9. The molecular formula is C22H31N7O2. The molecular weight excluding hydrogens is 394 g/mol. The molecule has 4 N–H and O–H groups in total. The van der Waals surface area contributed by atoms with Crippen LogP contribution in [0.15, 0.2) is 12.1 Å². The van der Waals surface area contributed by atoms with Gasteiger partial charge in [-0.25, -0.2) is 0 Å². The van der Waals surface area contributed by atoms with Crippen molar-refractivity contribution in [2.75, 3.05) is 31.3 Å². The van der Waals surface area contributed by atoms with Crippen LogP contribution in [0.4, 0.5) is 17.5 Å². The monoisotopic (exact) mass is 425 g/mol. The number of ether oxygens (including phenoxy) is 1. The molecule has 2 aromatic rings. The summed E-state index contributed by atoms with van der Waals surface area (Å²) in [4.78, 5) is 18.7. The fourth-order valence-corrected chi connectivity index (χ4v) is 4.44. The van der Waals surface area contributed by atoms with Gasteiger partial charge in [0.1, 0.15) is 5.75 Å². The summed E-state index contributed by atoms with van der Waals surface area (Å²) < 4.78 is 5.62. The molecule has 2 heterocycles. The summed E-state index contributed by atoms with van der Waals surface area (Å²) in [6.45, 7) is 3.21. The van der Waals surface area contributed by atoms with Crippen LogP contribution in [0.2, 0.25) is 0 Å². The molecule has 1 fully saturated rings. The van der Waals surface area contributed by atoms with Crippen molar-refractivity contribution in [3.8, 4) is 5.75 Å². The third kappa shape index (κ3) is 4.56. The zero-order valence-corrected chi connectivity index (χ0v) is 18.4. The number of anilines is 3. The highest BCUT2D eigenvalue weighted by Crippen LogP contribution is 2.37. The minimum absolute atomic E-state index is 0.0591. The van der Waals surface area contributed by atoms with Crippen LogP contribution >= 0.6 is 0 Å². The van der Waals surface area contributed by atoms with Crippen molar-refractivity contribution in [3.63, 3.8) is 0 Å². The molecule has 9 nitrogen and oxygen atoms in total. The molecule has 31 heavy (non-hydrogen) atoms. The van der Waals surface area contributed by atoms with E-state index in [4.69, 9.17) is 10.5 Å². The molecule has 0 saturated heterocycles. The Kier molecular flexibility index (Phi) is 6.22. The van der Waals surface area contributed by atoms with Crippen molar-refractivity contribution in [1.82, 2.24) is 20.1 Å². The molecule has 1 unspecified atom stereocenters. The van der Waals surface area contributed by atoms with E-state index < -0.39 is 5.91 Å². The quantitative estimate of drug-likeness (QED) is 0.646. The summed E-state index contributed by atoms with van der Waals surface area (Å²) in [7, 11) is 3.78. The van der Waals surface area contributed by atoms with Crippen LogP contribution in [0.5, 0.6) is 5.75 Å². The number of nitrogens with zero attached hydrogens (tertiary/aromatic N) is 4. The van der Waals surface area contributed by atoms with Gasteiger partial charge in [0.15, 0.2) is 11.5 Å². The second kappa shape index (κ2) is 9.05. The average molecular weight is 426 g/mol. The zero-order valence-electron chi connectivity index (χ0n) is 18.4. The fourth-order valence-electron chi connectivity index (χ4n) is 4.44. The summed E-state index contributed by atoms with van der Waals surface area (Å²) in [6, 6.07) is 4.72. The van der Waals surface area contributed by atoms with Crippen LogP contribution in [0, 0.1) is 0 Å². The molecule has 0 bridgehead atoms. The fraction of sp³-hybridized carbons (Fsp3) is 0.545. The number of nitrogens with two attached hydrogens (primary N) is 1. The van der Waals surface area contributed by atoms with Gasteiger partial charge in [-0.3, -0.25) is 9.69 Å². The number of hydrogen-bond donors (Lipinski definition) is 3. The van der Waals surface area contributed by atoms with Gasteiger partial charge in [-0.15, -0.1) is 10.2 Å². The van der Waals surface area contributed by atoms with E-state index in [-0.39, 0.29) is 11.7 Å². The Balaban J connectivity index is 1.64. The van der Waals surface area contributed by atoms with Crippen molar-refractivity contribution >= 4 is 23.4 Å². The van der Waals surface area contributed by atoms with Crippen molar-refractivity contribution < 1.29 is 9.53 Å². The van der Waals surface area contributed by atoms with Crippen molar-refractivity contribution in [2.24, 2.45) is 5.73 Å². The molecule has 1 aromatic carbocycles. The van der Waals surface area contributed by atoms with Gasteiger partial charge in [0, 0.05) is 18.6 Å². The molecule has 2 aliphatic rings. The molecule has 1 atom stereocenters. The van der Waals surface area contributed by atoms with E-state index in [1.807, 2.05) is 0 Å². The lowest BCUT2D eigenvalue weighted by Gasteiger charge is -2.33. The largest absolute Gasteiger partial charge is 0.495 e. The zero-order chi connectivity index (χ0) is 22.0. The first kappa shape index (κ1) is 21.3. The predicted molar refractivity (Wildman–Crippen MR) is 120 cm³/mol. The van der Waals surface area contributed by atoms with E-state index in [0.717, 1.165) is 50.1 Å². The number of carbonyl (C=O) groups excluding carboxylic acids is 1. The number of methoxy groups -OCH3 is 1. The van der Waals surface area contributed by atoms with Crippen LogP contribution in [0.25, 0.3) is 0 Å². The molecule has 0 radical (unpaired) electrons. The molecule has 1 saturated carbocycles. The smallest absolute Gasteiger partial charge is 0.273 e. The summed E-state index contributed by atoms with van der Waals surface area (Å²) in [5.41, 5.74) is 8.87. The van der Waals surface area contributed by atoms with Crippen molar-refractivity contribution in [2.45, 2.75) is 57.5 Å². The van der Waals surface area contributed by atoms with Crippen LogP contribution in [0.3, 0.4) is 0 Å². The van der Waals surface area contributed by atoms with Gasteiger partial charge in [0.25, 0.3) is 5.91 Å². The lowest BCUT2D eigenvalue weighted by atomic mass is 9.93. The van der Waals surface area contributed by atoms with Gasteiger partial charge < -0.3 is 21.1 Å². The normalized spacial score (nSPS) is 19.5. The topological polar surface area (TPSA) is 118 Å². The van der Waals surface area contributed by atoms with E-state index in [9.17, 15) is 4.79 Å². The van der Waals surface area contributed by atoms with E-state index in [1.165, 1.54) is 17.5 Å². The Hall–Kier alpha value is -2.94. The number of fused-ring (bicyclic) bond motifs is 1. The standard InChI is InChI=1S/C22H31N7O2/c1-13-16-12-17(18(31-3)11-14(16)9-10-29(13)2)25-22-26-21(19(20(23)30)27-28-22)24-15-7-5-4-6-8-15/h11-13,15H,4-10H2,1-3H3,(H2,23,30)(H2,24,25,26,28). The number of amides is 1. The summed E-state index contributed by atoms with van der Waals surface area (Å²) in [6.07, 6.45) is 6.61. The van der Waals surface area contributed by atoms with Crippen LogP contribution in [0.1, 0.15) is 66.7 Å². The van der Waals surface area contributed by atoms with Crippen LogP contribution in [-0.2, 0) is 6.42 Å². The Morgan fingerprint density at radius 1 is 1.23 bits per heavy atom. The Morgan fingerprint density at radius 3 is 2.71 bits per heavy atom. The lowest BCUT2D eigenvalue weighted by Crippen LogP contribution is -2.30. The van der Waals surface area contributed by atoms with Crippen LogP contribution in [-0.4, -0.2) is 52.7 Å². The maximum absolute atomic E-state index is 11.9. The van der Waals surface area contributed by atoms with Gasteiger partial charge in [-0.1, -0.05) is 19.3 Å². The Morgan fingerprint density at radius 2 is 2.00 bits per heavy atom. The summed E-state index contributed by atoms with van der Waals surface area (Å²) in [5.74, 6) is 0.744. The molecule has 1 aromatic heterocycles. The minimum Gasteiger partial charge on any atom is -0.495 e. The van der Waals surface area contributed by atoms with Crippen LogP contribution < -0.4 is 21.1 Å². The minimum atomic E-state index is -0.645. The van der Waals surface area contributed by atoms with E-state index in [2.05, 4.69) is 56.8 Å². The first-order valence-corrected chi connectivity index (χ1v) is 11.0. The summed E-state index contributed by atoms with van der Waals surface area (Å²) >= 11 is 0. The highest BCUT2D eigenvalue weighted by atomic mass is 16.5. The first-order chi connectivity index (χ1) is 15.0. The molecule has 9 heteroatoms. The second-order valence-electron chi connectivity index (χ2n) is 8.46. The van der Waals surface area contributed by atoms with Crippen molar-refractivity contribution in [3.05, 3.63) is 29.0 Å². The molecule has 166 valence electrons. The number of carbonyl (C=O) groups is 1. The molecule has 1 aliphatic carbocycles. The number of benzene rings is 1. The van der Waals surface area contributed by atoms with Gasteiger partial charge >= 0.3 is 0 Å². The van der Waals surface area contributed by atoms with Gasteiger partial charge in [0.2, 0.25) is 5.95 Å². The lowest BCUT2D eigenvalue weighted by molar-refractivity contribution is 0.0995. The first-order valence-electron chi connectivity index (χ1n) is 11.0.